The van der Waals surface area contributed by atoms with Gasteiger partial charge in [-0.1, -0.05) is 23.7 Å². The molecule has 0 aliphatic carbocycles. The van der Waals surface area contributed by atoms with Crippen molar-refractivity contribution in [1.29, 1.82) is 0 Å². The van der Waals surface area contributed by atoms with Gasteiger partial charge in [0.25, 0.3) is 11.8 Å². The highest BCUT2D eigenvalue weighted by Crippen LogP contribution is 2.42. The van der Waals surface area contributed by atoms with Crippen molar-refractivity contribution in [3.8, 4) is 5.75 Å². The molecule has 0 fully saturated rings. The second-order valence-electron chi connectivity index (χ2n) is 8.23. The number of hydrogen-bond acceptors (Lipinski definition) is 6. The molecular formula is C21H22ClFN4O6S. The van der Waals surface area contributed by atoms with E-state index >= 15 is 0 Å². The average molecular weight is 513 g/mol. The zero-order valence-corrected chi connectivity index (χ0v) is 19.8. The van der Waals surface area contributed by atoms with Gasteiger partial charge in [-0.05, 0) is 19.4 Å². The summed E-state index contributed by atoms with van der Waals surface area (Å²) in [5.74, 6) is -3.17. The number of hydrogen-bond donors (Lipinski definition) is 3. The Hall–Kier alpha value is -2.96. The van der Waals surface area contributed by atoms with Gasteiger partial charge in [-0.25, -0.2) is 17.5 Å². The first-order valence-electron chi connectivity index (χ1n) is 10.4. The van der Waals surface area contributed by atoms with Crippen molar-refractivity contribution in [3.63, 3.8) is 0 Å². The molecule has 1 aromatic heterocycles. The Morgan fingerprint density at radius 1 is 1.32 bits per heavy atom. The topological polar surface area (TPSA) is 138 Å². The summed E-state index contributed by atoms with van der Waals surface area (Å²) in [5, 5.41) is 12.9. The predicted molar refractivity (Wildman–Crippen MR) is 121 cm³/mol. The van der Waals surface area contributed by atoms with E-state index in [2.05, 4.69) is 10.0 Å². The molecule has 3 N–H and O–H groups in total. The molecule has 0 bridgehead atoms. The lowest BCUT2D eigenvalue weighted by Gasteiger charge is -2.33. The summed E-state index contributed by atoms with van der Waals surface area (Å²) in [6.07, 6.45) is 1.10. The van der Waals surface area contributed by atoms with Crippen LogP contribution in [0.3, 0.4) is 0 Å². The van der Waals surface area contributed by atoms with Crippen LogP contribution in [0.2, 0.25) is 5.02 Å². The second-order valence-corrected chi connectivity index (χ2v) is 10.4. The maximum absolute atomic E-state index is 14.2. The van der Waals surface area contributed by atoms with Crippen molar-refractivity contribution in [2.24, 2.45) is 0 Å². The molecule has 0 saturated carbocycles. The first kappa shape index (κ1) is 24.2. The van der Waals surface area contributed by atoms with Crippen molar-refractivity contribution in [2.75, 3.05) is 19.3 Å². The number of amides is 2. The molecule has 1 aromatic carbocycles. The molecule has 2 atom stereocenters. The Balaban J connectivity index is 1.83. The number of nitrogens with zero attached hydrogens (tertiary/aromatic N) is 2. The van der Waals surface area contributed by atoms with Crippen LogP contribution in [0.15, 0.2) is 23.0 Å². The summed E-state index contributed by atoms with van der Waals surface area (Å²) in [7, 11) is -3.76. The smallest absolute Gasteiger partial charge is 0.274 e. The van der Waals surface area contributed by atoms with E-state index < -0.39 is 56.5 Å². The minimum absolute atomic E-state index is 0.0126. The molecule has 4 rings (SSSR count). The summed E-state index contributed by atoms with van der Waals surface area (Å²) < 4.78 is 42.0. The number of aromatic nitrogens is 1. The molecule has 182 valence electrons. The largest absolute Gasteiger partial charge is 0.503 e. The second kappa shape index (κ2) is 8.67. The van der Waals surface area contributed by atoms with Crippen LogP contribution in [0.25, 0.3) is 0 Å². The van der Waals surface area contributed by atoms with E-state index in [1.807, 2.05) is 0 Å². The van der Waals surface area contributed by atoms with E-state index in [4.69, 9.17) is 11.6 Å². The first-order valence-corrected chi connectivity index (χ1v) is 12.7. The average Bonchev–Trinajstić information content (AvgIpc) is 3.09. The zero-order valence-electron chi connectivity index (χ0n) is 18.3. The third-order valence-electron chi connectivity index (χ3n) is 5.98. The van der Waals surface area contributed by atoms with Crippen molar-refractivity contribution < 1.29 is 27.5 Å². The van der Waals surface area contributed by atoms with Crippen LogP contribution in [-0.2, 0) is 16.6 Å². The Kier molecular flexibility index (Phi) is 6.17. The number of nitrogens with one attached hydrogen (secondary N) is 2. The fourth-order valence-electron chi connectivity index (χ4n) is 4.56. The van der Waals surface area contributed by atoms with E-state index in [0.29, 0.717) is 6.54 Å². The van der Waals surface area contributed by atoms with Gasteiger partial charge in [0, 0.05) is 25.2 Å². The highest BCUT2D eigenvalue weighted by molar-refractivity contribution is 7.88. The number of benzene rings is 1. The number of aromatic hydroxyl groups is 1. The van der Waals surface area contributed by atoms with Gasteiger partial charge >= 0.3 is 0 Å². The van der Waals surface area contributed by atoms with Gasteiger partial charge < -0.3 is 19.9 Å². The molecule has 2 amide bonds. The standard InChI is InChI=1S/C21H22ClFN4O6S/c1-3-26-9-11-7-13(25-34(2,32)33)16-14(18(28)19(29)17(21(26)31)27(11)16)20(30)24-8-10-5-4-6-12(22)15(10)23/h4-6,11,13,25,29H,3,7-9H2,1-2H3,(H,24,30)/t11-,13+/m0/s1. The zero-order chi connectivity index (χ0) is 24.9. The highest BCUT2D eigenvalue weighted by atomic mass is 35.5. The molecule has 0 unspecified atom stereocenters. The van der Waals surface area contributed by atoms with Crippen molar-refractivity contribution in [2.45, 2.75) is 32.0 Å². The number of sulfonamides is 1. The number of pyridine rings is 1. The van der Waals surface area contributed by atoms with Crippen LogP contribution >= 0.6 is 11.6 Å². The fourth-order valence-corrected chi connectivity index (χ4v) is 5.48. The molecular weight excluding hydrogens is 491 g/mol. The lowest BCUT2D eigenvalue weighted by molar-refractivity contribution is 0.0675. The minimum Gasteiger partial charge on any atom is -0.503 e. The van der Waals surface area contributed by atoms with Gasteiger partial charge in [0.2, 0.25) is 15.5 Å². The fraction of sp³-hybridized carbons (Fsp3) is 0.381. The van der Waals surface area contributed by atoms with Gasteiger partial charge in [-0.3, -0.25) is 14.4 Å². The summed E-state index contributed by atoms with van der Waals surface area (Å²) in [5.41, 5.74) is -1.85. The van der Waals surface area contributed by atoms with E-state index in [-0.39, 0.29) is 41.5 Å². The van der Waals surface area contributed by atoms with Crippen molar-refractivity contribution >= 4 is 33.4 Å². The van der Waals surface area contributed by atoms with Crippen LogP contribution in [0, 0.1) is 5.82 Å². The Morgan fingerprint density at radius 3 is 2.68 bits per heavy atom. The lowest BCUT2D eigenvalue weighted by atomic mass is 10.0. The maximum Gasteiger partial charge on any atom is 0.274 e. The third-order valence-corrected chi connectivity index (χ3v) is 6.99. The number of carbonyl (C=O) groups excluding carboxylic acids is 2. The summed E-state index contributed by atoms with van der Waals surface area (Å²) in [4.78, 5) is 40.6. The normalized spacial score (nSPS) is 19.3. The molecule has 10 nitrogen and oxygen atoms in total. The van der Waals surface area contributed by atoms with Crippen molar-refractivity contribution in [1.82, 2.24) is 19.5 Å². The molecule has 2 aliphatic heterocycles. The SMILES string of the molecule is CCN1C[C@@H]2C[C@@H](NS(C)(=O)=O)c3c(C(=O)NCc4cccc(Cl)c4F)c(=O)c(O)c(n32)C1=O. The summed E-state index contributed by atoms with van der Waals surface area (Å²) in [6.45, 7) is 1.95. The predicted octanol–water partition coefficient (Wildman–Crippen LogP) is 1.29. The summed E-state index contributed by atoms with van der Waals surface area (Å²) in [6, 6.07) is 2.79. The summed E-state index contributed by atoms with van der Waals surface area (Å²) >= 11 is 5.77. The van der Waals surface area contributed by atoms with Gasteiger partial charge in [-0.2, -0.15) is 0 Å². The van der Waals surface area contributed by atoms with E-state index in [0.717, 1.165) is 6.26 Å². The molecule has 0 spiro atoms. The number of carbonyl (C=O) groups is 2. The Bertz CT molecular complexity index is 1380. The van der Waals surface area contributed by atoms with Crippen LogP contribution in [-0.4, -0.2) is 54.2 Å². The minimum atomic E-state index is -3.76. The van der Waals surface area contributed by atoms with Gasteiger partial charge in [-0.15, -0.1) is 0 Å². The van der Waals surface area contributed by atoms with E-state index in [9.17, 15) is 32.3 Å². The van der Waals surface area contributed by atoms with E-state index in [1.54, 1.807) is 6.92 Å². The molecule has 3 heterocycles. The van der Waals surface area contributed by atoms with Crippen LogP contribution in [0.1, 0.15) is 57.5 Å². The molecule has 2 aliphatic rings. The molecule has 0 radical (unpaired) electrons. The third kappa shape index (κ3) is 4.05. The Morgan fingerprint density at radius 2 is 2.03 bits per heavy atom. The highest BCUT2D eigenvalue weighted by Gasteiger charge is 2.45. The van der Waals surface area contributed by atoms with Crippen LogP contribution in [0.5, 0.6) is 5.75 Å². The number of halogens is 2. The maximum atomic E-state index is 14.2. The molecule has 0 saturated heterocycles. The molecule has 34 heavy (non-hydrogen) atoms. The molecule has 2 aromatic rings. The van der Waals surface area contributed by atoms with Gasteiger partial charge in [0.05, 0.1) is 29.1 Å². The van der Waals surface area contributed by atoms with Crippen molar-refractivity contribution in [3.05, 3.63) is 61.8 Å². The van der Waals surface area contributed by atoms with Gasteiger partial charge in [0.15, 0.2) is 11.4 Å². The van der Waals surface area contributed by atoms with Crippen LogP contribution < -0.4 is 15.5 Å². The quantitative estimate of drug-likeness (QED) is 0.533. The Labute approximate surface area is 199 Å². The monoisotopic (exact) mass is 512 g/mol. The van der Waals surface area contributed by atoms with Crippen LogP contribution in [0.4, 0.5) is 4.39 Å². The lowest BCUT2D eigenvalue weighted by Crippen LogP contribution is -2.44. The number of likely N-dealkylation sites (N-methyl/N-ethyl adjacent to an activating group) is 1. The van der Waals surface area contributed by atoms with E-state index in [1.165, 1.54) is 27.7 Å². The van der Waals surface area contributed by atoms with Gasteiger partial charge in [0.1, 0.15) is 11.4 Å². The first-order chi connectivity index (χ1) is 15.9. The molecule has 13 heteroatoms. The number of rotatable bonds is 6.